The van der Waals surface area contributed by atoms with Crippen molar-refractivity contribution in [2.45, 2.75) is 19.3 Å². The lowest BCUT2D eigenvalue weighted by Gasteiger charge is -2.33. The van der Waals surface area contributed by atoms with Crippen molar-refractivity contribution >= 4 is 17.5 Å². The van der Waals surface area contributed by atoms with Crippen LogP contribution >= 0.6 is 0 Å². The lowest BCUT2D eigenvalue weighted by molar-refractivity contribution is -0.118. The van der Waals surface area contributed by atoms with Gasteiger partial charge in [0, 0.05) is 31.1 Å². The number of nitrogens with two attached hydrogens (primary N) is 1. The maximum atomic E-state index is 11.3. The first-order valence-corrected chi connectivity index (χ1v) is 8.50. The highest BCUT2D eigenvalue weighted by atomic mass is 16.1. The molecule has 1 aliphatic heterocycles. The Kier molecular flexibility index (Phi) is 4.05. The highest BCUT2D eigenvalue weighted by Crippen LogP contribution is 2.28. The lowest BCUT2D eigenvalue weighted by atomic mass is 9.94. The molecule has 2 aromatic heterocycles. The molecular weight excluding hydrogens is 316 g/mol. The normalized spacial score (nSPS) is 17.8. The van der Waals surface area contributed by atoms with E-state index < -0.39 is 0 Å². The second kappa shape index (κ2) is 6.51. The molecule has 1 fully saturated rings. The van der Waals surface area contributed by atoms with Crippen LogP contribution in [0.25, 0.3) is 17.0 Å². The Morgan fingerprint density at radius 1 is 1.28 bits per heavy atom. The number of carbonyl (C=O) groups is 1. The summed E-state index contributed by atoms with van der Waals surface area (Å²) in [5, 5.41) is 4.32. The van der Waals surface area contributed by atoms with Crippen LogP contribution in [0.4, 0.5) is 5.82 Å². The minimum absolute atomic E-state index is 0.238. The molecule has 1 aliphatic rings. The average molecular weight is 336 g/mol. The van der Waals surface area contributed by atoms with Crippen LogP contribution in [0.1, 0.15) is 19.3 Å². The molecule has 2 N–H and O–H groups in total. The molecule has 25 heavy (non-hydrogen) atoms. The molecule has 7 nitrogen and oxygen atoms in total. The van der Waals surface area contributed by atoms with Crippen molar-refractivity contribution in [1.29, 1.82) is 0 Å². The van der Waals surface area contributed by atoms with Gasteiger partial charge in [-0.05, 0) is 18.8 Å². The second-order valence-corrected chi connectivity index (χ2v) is 6.46. The van der Waals surface area contributed by atoms with Gasteiger partial charge in [-0.15, -0.1) is 0 Å². The number of aromatic nitrogens is 4. The van der Waals surface area contributed by atoms with E-state index in [1.807, 2.05) is 36.4 Å². The van der Waals surface area contributed by atoms with E-state index in [1.54, 1.807) is 4.52 Å². The SMILES string of the molecule is NC(=O)CC1CCCN(c2cc(-c3ccccc3)nc3ncnn23)C1. The minimum atomic E-state index is -0.238. The molecule has 1 amide bonds. The van der Waals surface area contributed by atoms with E-state index in [-0.39, 0.29) is 11.8 Å². The minimum Gasteiger partial charge on any atom is -0.370 e. The van der Waals surface area contributed by atoms with Crippen LogP contribution in [-0.4, -0.2) is 38.6 Å². The molecule has 4 rings (SSSR count). The molecule has 3 aromatic rings. The molecule has 0 radical (unpaired) electrons. The summed E-state index contributed by atoms with van der Waals surface area (Å²) in [5.41, 5.74) is 7.30. The molecule has 1 unspecified atom stereocenters. The molecule has 0 spiro atoms. The van der Waals surface area contributed by atoms with E-state index in [4.69, 9.17) is 5.73 Å². The van der Waals surface area contributed by atoms with Crippen molar-refractivity contribution in [1.82, 2.24) is 19.6 Å². The van der Waals surface area contributed by atoms with Crippen LogP contribution < -0.4 is 10.6 Å². The maximum absolute atomic E-state index is 11.3. The van der Waals surface area contributed by atoms with E-state index in [0.717, 1.165) is 43.0 Å². The third-order valence-corrected chi connectivity index (χ3v) is 4.64. The third kappa shape index (κ3) is 3.17. The van der Waals surface area contributed by atoms with Crippen LogP contribution in [0.15, 0.2) is 42.7 Å². The van der Waals surface area contributed by atoms with Crippen LogP contribution in [0.2, 0.25) is 0 Å². The number of nitrogens with zero attached hydrogens (tertiary/aromatic N) is 5. The van der Waals surface area contributed by atoms with Crippen LogP contribution in [0.3, 0.4) is 0 Å². The Hall–Kier alpha value is -2.96. The Balaban J connectivity index is 1.73. The summed E-state index contributed by atoms with van der Waals surface area (Å²) in [6, 6.07) is 12.1. The van der Waals surface area contributed by atoms with E-state index in [0.29, 0.717) is 12.2 Å². The molecule has 1 saturated heterocycles. The molecule has 0 bridgehead atoms. The predicted molar refractivity (Wildman–Crippen MR) is 95.0 cm³/mol. The van der Waals surface area contributed by atoms with Gasteiger partial charge in [-0.1, -0.05) is 30.3 Å². The van der Waals surface area contributed by atoms with Crippen LogP contribution in [0.5, 0.6) is 0 Å². The Morgan fingerprint density at radius 3 is 2.92 bits per heavy atom. The maximum Gasteiger partial charge on any atom is 0.254 e. The largest absolute Gasteiger partial charge is 0.370 e. The number of fused-ring (bicyclic) bond motifs is 1. The fourth-order valence-corrected chi connectivity index (χ4v) is 3.50. The first kappa shape index (κ1) is 15.6. The van der Waals surface area contributed by atoms with Crippen molar-refractivity contribution in [2.24, 2.45) is 11.7 Å². The number of anilines is 1. The van der Waals surface area contributed by atoms with E-state index >= 15 is 0 Å². The highest BCUT2D eigenvalue weighted by molar-refractivity contribution is 5.74. The summed E-state index contributed by atoms with van der Waals surface area (Å²) >= 11 is 0. The van der Waals surface area contributed by atoms with Crippen molar-refractivity contribution < 1.29 is 4.79 Å². The number of piperidine rings is 1. The molecule has 7 heteroatoms. The smallest absolute Gasteiger partial charge is 0.254 e. The van der Waals surface area contributed by atoms with Crippen molar-refractivity contribution in [3.63, 3.8) is 0 Å². The number of carbonyl (C=O) groups excluding carboxylic acids is 1. The van der Waals surface area contributed by atoms with Crippen LogP contribution in [-0.2, 0) is 4.79 Å². The van der Waals surface area contributed by atoms with Crippen LogP contribution in [0, 0.1) is 5.92 Å². The summed E-state index contributed by atoms with van der Waals surface area (Å²) in [6.07, 6.45) is 3.99. The molecular formula is C18H20N6O. The van der Waals surface area contributed by atoms with Gasteiger partial charge in [-0.2, -0.15) is 14.6 Å². The zero-order valence-electron chi connectivity index (χ0n) is 13.9. The summed E-state index contributed by atoms with van der Waals surface area (Å²) < 4.78 is 1.76. The van der Waals surface area contributed by atoms with E-state index in [2.05, 4.69) is 20.0 Å². The fourth-order valence-electron chi connectivity index (χ4n) is 3.50. The molecule has 0 aliphatic carbocycles. The number of amides is 1. The van der Waals surface area contributed by atoms with E-state index in [9.17, 15) is 4.79 Å². The number of rotatable bonds is 4. The van der Waals surface area contributed by atoms with Gasteiger partial charge in [0.25, 0.3) is 5.78 Å². The quantitative estimate of drug-likeness (QED) is 0.786. The molecule has 1 atom stereocenters. The lowest BCUT2D eigenvalue weighted by Crippen LogP contribution is -2.38. The topological polar surface area (TPSA) is 89.4 Å². The third-order valence-electron chi connectivity index (χ3n) is 4.64. The van der Waals surface area contributed by atoms with Gasteiger partial charge in [0.05, 0.1) is 5.69 Å². The molecule has 128 valence electrons. The van der Waals surface area contributed by atoms with Crippen molar-refractivity contribution in [3.8, 4) is 11.3 Å². The van der Waals surface area contributed by atoms with Gasteiger partial charge < -0.3 is 10.6 Å². The summed E-state index contributed by atoms with van der Waals surface area (Å²) in [5.74, 6) is 1.57. The molecule has 1 aromatic carbocycles. The second-order valence-electron chi connectivity index (χ2n) is 6.46. The van der Waals surface area contributed by atoms with Gasteiger partial charge in [-0.3, -0.25) is 4.79 Å². The molecule has 3 heterocycles. The number of hydrogen-bond acceptors (Lipinski definition) is 5. The summed E-state index contributed by atoms with van der Waals surface area (Å²) in [7, 11) is 0. The van der Waals surface area contributed by atoms with E-state index in [1.165, 1.54) is 6.33 Å². The molecule has 0 saturated carbocycles. The van der Waals surface area contributed by atoms with Crippen molar-refractivity contribution in [2.75, 3.05) is 18.0 Å². The summed E-state index contributed by atoms with van der Waals surface area (Å²) in [6.45, 7) is 1.71. The number of hydrogen-bond donors (Lipinski definition) is 1. The Labute approximate surface area is 145 Å². The summed E-state index contributed by atoms with van der Waals surface area (Å²) in [4.78, 5) is 22.4. The highest BCUT2D eigenvalue weighted by Gasteiger charge is 2.24. The fraction of sp³-hybridized carbons (Fsp3) is 0.333. The van der Waals surface area contributed by atoms with Gasteiger partial charge in [-0.25, -0.2) is 4.98 Å². The number of primary amides is 1. The average Bonchev–Trinajstić information content (AvgIpc) is 3.10. The first-order chi connectivity index (χ1) is 12.2. The van der Waals surface area contributed by atoms with Gasteiger partial charge in [0.1, 0.15) is 12.1 Å². The Bertz CT molecular complexity index is 891. The monoisotopic (exact) mass is 336 g/mol. The standard InChI is InChI=1S/C18H20N6O/c19-16(25)9-13-5-4-8-23(11-13)17-10-15(14-6-2-1-3-7-14)22-18-20-12-21-24(17)18/h1-3,6-7,10,12-13H,4-5,8-9,11H2,(H2,19,25). The Morgan fingerprint density at radius 2 is 2.12 bits per heavy atom. The van der Waals surface area contributed by atoms with Gasteiger partial charge in [0.2, 0.25) is 5.91 Å². The first-order valence-electron chi connectivity index (χ1n) is 8.50. The van der Waals surface area contributed by atoms with Crippen molar-refractivity contribution in [3.05, 3.63) is 42.7 Å². The van der Waals surface area contributed by atoms with Gasteiger partial charge in [0.15, 0.2) is 0 Å². The van der Waals surface area contributed by atoms with Gasteiger partial charge >= 0.3 is 0 Å². The number of benzene rings is 1. The zero-order valence-corrected chi connectivity index (χ0v) is 13.9. The zero-order chi connectivity index (χ0) is 17.2. The predicted octanol–water partition coefficient (Wildman–Crippen LogP) is 1.88.